The summed E-state index contributed by atoms with van der Waals surface area (Å²) in [5.74, 6) is 0.853. The Labute approximate surface area is 191 Å². The second-order valence-electron chi connectivity index (χ2n) is 7.45. The minimum Gasteiger partial charge on any atom is -0.340 e. The number of imidazole rings is 1. The zero-order valence-electron chi connectivity index (χ0n) is 17.5. The third-order valence-electron chi connectivity index (χ3n) is 5.16. The molecule has 6 rings (SSSR count). The van der Waals surface area contributed by atoms with Gasteiger partial charge in [-0.3, -0.25) is 9.89 Å². The van der Waals surface area contributed by atoms with E-state index < -0.39 is 0 Å². The number of amides is 1. The number of anilines is 3. The average Bonchev–Trinajstić information content (AvgIpc) is 3.51. The van der Waals surface area contributed by atoms with Crippen LogP contribution >= 0.6 is 0 Å². The SMILES string of the molecule is O=C(Nc1ccnnc1)c1cn2ccc(-c3nccc(Nc4ccc5[nH]ncc5c4)n3)cc2n1. The third kappa shape index (κ3) is 3.77. The number of rotatable bonds is 5. The van der Waals surface area contributed by atoms with E-state index >= 15 is 0 Å². The van der Waals surface area contributed by atoms with Crippen molar-refractivity contribution in [3.8, 4) is 11.4 Å². The maximum absolute atomic E-state index is 12.5. The number of carbonyl (C=O) groups is 1. The largest absolute Gasteiger partial charge is 0.340 e. The van der Waals surface area contributed by atoms with Crippen LogP contribution in [0.2, 0.25) is 0 Å². The van der Waals surface area contributed by atoms with Crippen LogP contribution in [0.1, 0.15) is 10.5 Å². The number of hydrogen-bond donors (Lipinski definition) is 3. The smallest absolute Gasteiger partial charge is 0.275 e. The summed E-state index contributed by atoms with van der Waals surface area (Å²) in [6.07, 6.45) is 9.92. The maximum Gasteiger partial charge on any atom is 0.275 e. The van der Waals surface area contributed by atoms with Gasteiger partial charge in [-0.1, -0.05) is 0 Å². The molecule has 0 unspecified atom stereocenters. The van der Waals surface area contributed by atoms with E-state index in [1.807, 2.05) is 36.5 Å². The first-order valence-electron chi connectivity index (χ1n) is 10.3. The highest BCUT2D eigenvalue weighted by atomic mass is 16.1. The van der Waals surface area contributed by atoms with Gasteiger partial charge in [0.25, 0.3) is 5.91 Å². The Morgan fingerprint density at radius 2 is 1.91 bits per heavy atom. The van der Waals surface area contributed by atoms with Crippen molar-refractivity contribution in [3.05, 3.63) is 85.3 Å². The monoisotopic (exact) mass is 448 g/mol. The number of pyridine rings is 1. The molecule has 0 aliphatic rings. The van der Waals surface area contributed by atoms with Gasteiger partial charge in [0.1, 0.15) is 17.2 Å². The molecule has 11 heteroatoms. The van der Waals surface area contributed by atoms with Gasteiger partial charge < -0.3 is 15.0 Å². The Morgan fingerprint density at radius 1 is 0.941 bits per heavy atom. The van der Waals surface area contributed by atoms with E-state index in [1.54, 1.807) is 35.1 Å². The zero-order valence-corrected chi connectivity index (χ0v) is 17.5. The summed E-state index contributed by atoms with van der Waals surface area (Å²) in [6, 6.07) is 13.1. The number of H-pyrrole nitrogens is 1. The first-order valence-corrected chi connectivity index (χ1v) is 10.3. The van der Waals surface area contributed by atoms with E-state index in [-0.39, 0.29) is 11.6 Å². The molecule has 0 fully saturated rings. The Bertz CT molecular complexity index is 1640. The molecule has 164 valence electrons. The molecule has 5 aromatic heterocycles. The Balaban J connectivity index is 1.25. The molecule has 34 heavy (non-hydrogen) atoms. The third-order valence-corrected chi connectivity index (χ3v) is 5.16. The highest BCUT2D eigenvalue weighted by Crippen LogP contribution is 2.23. The van der Waals surface area contributed by atoms with Gasteiger partial charge in [0.2, 0.25) is 0 Å². The molecule has 0 aliphatic carbocycles. The highest BCUT2D eigenvalue weighted by Gasteiger charge is 2.13. The van der Waals surface area contributed by atoms with E-state index in [9.17, 15) is 4.79 Å². The van der Waals surface area contributed by atoms with Crippen molar-refractivity contribution in [1.82, 2.24) is 39.7 Å². The van der Waals surface area contributed by atoms with E-state index in [0.29, 0.717) is 23.0 Å². The summed E-state index contributed by atoms with van der Waals surface area (Å²) in [7, 11) is 0. The van der Waals surface area contributed by atoms with Gasteiger partial charge in [-0.05, 0) is 42.5 Å². The number of hydrogen-bond acceptors (Lipinski definition) is 8. The molecule has 0 atom stereocenters. The molecule has 0 radical (unpaired) electrons. The number of carbonyl (C=O) groups excluding carboxylic acids is 1. The van der Waals surface area contributed by atoms with Crippen LogP contribution in [-0.4, -0.2) is 45.7 Å². The molecule has 11 nitrogen and oxygen atoms in total. The lowest BCUT2D eigenvalue weighted by Gasteiger charge is -2.07. The second-order valence-corrected chi connectivity index (χ2v) is 7.45. The summed E-state index contributed by atoms with van der Waals surface area (Å²) in [6.45, 7) is 0. The lowest BCUT2D eigenvalue weighted by Crippen LogP contribution is -2.12. The Hall–Kier alpha value is -5.19. The molecule has 3 N–H and O–H groups in total. The van der Waals surface area contributed by atoms with Gasteiger partial charge in [0.05, 0.1) is 29.8 Å². The maximum atomic E-state index is 12.5. The highest BCUT2D eigenvalue weighted by molar-refractivity contribution is 6.03. The fraction of sp³-hybridized carbons (Fsp3) is 0. The van der Waals surface area contributed by atoms with E-state index in [4.69, 9.17) is 0 Å². The first-order chi connectivity index (χ1) is 16.7. The zero-order chi connectivity index (χ0) is 22.9. The number of nitrogens with one attached hydrogen (secondary N) is 3. The Kier molecular flexibility index (Phi) is 4.62. The predicted octanol–water partition coefficient (Wildman–Crippen LogP) is 3.45. The van der Waals surface area contributed by atoms with Crippen LogP contribution in [0.15, 0.2) is 79.6 Å². The average molecular weight is 448 g/mol. The van der Waals surface area contributed by atoms with Gasteiger partial charge in [0, 0.05) is 35.2 Å². The van der Waals surface area contributed by atoms with Crippen LogP contribution in [0.25, 0.3) is 27.9 Å². The molecule has 5 heterocycles. The van der Waals surface area contributed by atoms with Gasteiger partial charge in [0.15, 0.2) is 5.82 Å². The standard InChI is InChI=1S/C23H16N10O/c34-23(29-17-3-7-25-26-12-17)19-13-33-8-5-14(10-21(33)30-19)22-24-6-4-20(31-22)28-16-1-2-18-15(9-16)11-27-32-18/h1-13H,(H,27,32)(H,24,28,31)(H,25,29,34). The van der Waals surface area contributed by atoms with Crippen molar-refractivity contribution >= 4 is 39.6 Å². The normalized spacial score (nSPS) is 11.1. The summed E-state index contributed by atoms with van der Waals surface area (Å²) in [5, 5.41) is 21.5. The quantitative estimate of drug-likeness (QED) is 0.364. The van der Waals surface area contributed by atoms with Crippen molar-refractivity contribution in [2.75, 3.05) is 10.6 Å². The second kappa shape index (κ2) is 8.06. The van der Waals surface area contributed by atoms with Crippen molar-refractivity contribution in [2.24, 2.45) is 0 Å². The lowest BCUT2D eigenvalue weighted by atomic mass is 10.2. The summed E-state index contributed by atoms with van der Waals surface area (Å²) < 4.78 is 1.77. The molecule has 6 aromatic rings. The molecule has 0 aliphatic heterocycles. The van der Waals surface area contributed by atoms with Crippen molar-refractivity contribution in [2.45, 2.75) is 0 Å². The molecule has 0 bridgehead atoms. The summed E-state index contributed by atoms with van der Waals surface area (Å²) >= 11 is 0. The van der Waals surface area contributed by atoms with Crippen LogP contribution in [-0.2, 0) is 0 Å². The van der Waals surface area contributed by atoms with Gasteiger partial charge in [-0.2, -0.15) is 15.3 Å². The summed E-state index contributed by atoms with van der Waals surface area (Å²) in [5.41, 5.74) is 4.05. The molecular weight excluding hydrogens is 432 g/mol. The van der Waals surface area contributed by atoms with E-state index in [2.05, 4.69) is 46.0 Å². The lowest BCUT2D eigenvalue weighted by molar-refractivity contribution is 0.102. The van der Waals surface area contributed by atoms with Crippen LogP contribution in [0.4, 0.5) is 17.2 Å². The molecule has 1 aromatic carbocycles. The van der Waals surface area contributed by atoms with Crippen LogP contribution in [0.5, 0.6) is 0 Å². The van der Waals surface area contributed by atoms with Gasteiger partial charge in [-0.15, -0.1) is 0 Å². The Morgan fingerprint density at radius 3 is 2.82 bits per heavy atom. The number of aromatic amines is 1. The number of aromatic nitrogens is 8. The van der Waals surface area contributed by atoms with Crippen LogP contribution < -0.4 is 10.6 Å². The van der Waals surface area contributed by atoms with Gasteiger partial charge >= 0.3 is 0 Å². The minimum atomic E-state index is -0.338. The van der Waals surface area contributed by atoms with Crippen LogP contribution in [0, 0.1) is 0 Å². The van der Waals surface area contributed by atoms with Gasteiger partial charge in [-0.25, -0.2) is 15.0 Å². The minimum absolute atomic E-state index is 0.278. The summed E-state index contributed by atoms with van der Waals surface area (Å²) in [4.78, 5) is 26.0. The van der Waals surface area contributed by atoms with Crippen molar-refractivity contribution in [1.29, 1.82) is 0 Å². The molecule has 0 saturated heterocycles. The number of benzene rings is 1. The van der Waals surface area contributed by atoms with Crippen molar-refractivity contribution in [3.63, 3.8) is 0 Å². The fourth-order valence-corrected chi connectivity index (χ4v) is 3.53. The van der Waals surface area contributed by atoms with E-state index in [0.717, 1.165) is 22.2 Å². The molecular formula is C23H16N10O. The van der Waals surface area contributed by atoms with Crippen molar-refractivity contribution < 1.29 is 4.79 Å². The van der Waals surface area contributed by atoms with Crippen LogP contribution in [0.3, 0.4) is 0 Å². The molecule has 0 saturated carbocycles. The van der Waals surface area contributed by atoms with E-state index in [1.165, 1.54) is 12.4 Å². The number of nitrogens with zero attached hydrogens (tertiary/aromatic N) is 7. The molecule has 1 amide bonds. The number of fused-ring (bicyclic) bond motifs is 2. The fourth-order valence-electron chi connectivity index (χ4n) is 3.53. The topological polar surface area (TPSA) is 139 Å². The first kappa shape index (κ1) is 19.5. The predicted molar refractivity (Wildman–Crippen MR) is 126 cm³/mol. The molecule has 0 spiro atoms.